The zero-order valence-corrected chi connectivity index (χ0v) is 11.5. The van der Waals surface area contributed by atoms with Crippen molar-refractivity contribution in [2.24, 2.45) is 5.92 Å². The Morgan fingerprint density at radius 2 is 2.10 bits per heavy atom. The van der Waals surface area contributed by atoms with E-state index in [-0.39, 0.29) is 18.3 Å². The van der Waals surface area contributed by atoms with Crippen LogP contribution in [-0.4, -0.2) is 34.6 Å². The van der Waals surface area contributed by atoms with Gasteiger partial charge in [0.15, 0.2) is 0 Å². The van der Waals surface area contributed by atoms with E-state index in [0.717, 1.165) is 12.1 Å². The molecular formula is C14H16F2N2O3. The highest BCUT2D eigenvalue weighted by Gasteiger charge is 2.32. The average molecular weight is 298 g/mol. The largest absolute Gasteiger partial charge is 0.481 e. The molecule has 0 bridgehead atoms. The first-order chi connectivity index (χ1) is 9.88. The van der Waals surface area contributed by atoms with Gasteiger partial charge in [-0.05, 0) is 31.9 Å². The monoisotopic (exact) mass is 298 g/mol. The fraction of sp³-hybridized carbons (Fsp3) is 0.429. The first-order valence-corrected chi connectivity index (χ1v) is 6.64. The van der Waals surface area contributed by atoms with Crippen LogP contribution in [0, 0.1) is 17.6 Å². The Hall–Kier alpha value is -2.18. The smallest absolute Gasteiger partial charge is 0.322 e. The quantitative estimate of drug-likeness (QED) is 0.882. The molecule has 1 saturated heterocycles. The second-order valence-corrected chi connectivity index (χ2v) is 5.16. The van der Waals surface area contributed by atoms with Gasteiger partial charge in [0.2, 0.25) is 0 Å². The number of amides is 2. The van der Waals surface area contributed by atoms with E-state index in [4.69, 9.17) is 5.11 Å². The number of nitrogens with zero attached hydrogens (tertiary/aromatic N) is 1. The van der Waals surface area contributed by atoms with Gasteiger partial charge in [0.25, 0.3) is 0 Å². The summed E-state index contributed by atoms with van der Waals surface area (Å²) in [5.41, 5.74) is -0.103. The molecule has 0 saturated carbocycles. The van der Waals surface area contributed by atoms with Gasteiger partial charge in [0.1, 0.15) is 11.6 Å². The van der Waals surface area contributed by atoms with Crippen molar-refractivity contribution >= 4 is 17.7 Å². The Balaban J connectivity index is 2.02. The molecular weight excluding hydrogens is 282 g/mol. The fourth-order valence-corrected chi connectivity index (χ4v) is 2.48. The molecule has 21 heavy (non-hydrogen) atoms. The van der Waals surface area contributed by atoms with Crippen LogP contribution in [0.1, 0.15) is 19.8 Å². The van der Waals surface area contributed by atoms with Crippen LogP contribution in [0.2, 0.25) is 0 Å². The van der Waals surface area contributed by atoms with E-state index in [1.54, 1.807) is 6.92 Å². The predicted octanol–water partition coefficient (Wildman–Crippen LogP) is 2.68. The van der Waals surface area contributed by atoms with E-state index in [9.17, 15) is 18.4 Å². The van der Waals surface area contributed by atoms with Crippen molar-refractivity contribution in [3.05, 3.63) is 29.8 Å². The van der Waals surface area contributed by atoms with E-state index in [2.05, 4.69) is 5.32 Å². The van der Waals surface area contributed by atoms with Gasteiger partial charge in [0, 0.05) is 18.7 Å². The summed E-state index contributed by atoms with van der Waals surface area (Å²) in [6, 6.07) is 2.12. The number of carbonyl (C=O) groups excluding carboxylic acids is 1. The normalized spacial score (nSPS) is 22.0. The molecule has 0 spiro atoms. The molecule has 2 amide bonds. The number of carbonyl (C=O) groups is 2. The molecule has 5 nitrogen and oxygen atoms in total. The molecule has 1 aliphatic heterocycles. The minimum atomic E-state index is -0.869. The number of nitrogens with one attached hydrogen (secondary N) is 1. The van der Waals surface area contributed by atoms with Crippen LogP contribution in [-0.2, 0) is 4.79 Å². The molecule has 1 fully saturated rings. The zero-order chi connectivity index (χ0) is 15.6. The number of anilines is 1. The standard InChI is InChI=1S/C14H16F2N2O3/c1-8-6-9(13(19)20)4-5-18(8)14(21)17-12-3-2-10(15)7-11(12)16/h2-3,7-9H,4-6H2,1H3,(H,17,21)(H,19,20). The van der Waals surface area contributed by atoms with Gasteiger partial charge in [-0.2, -0.15) is 0 Å². The number of hydrogen-bond donors (Lipinski definition) is 2. The van der Waals surface area contributed by atoms with E-state index >= 15 is 0 Å². The molecule has 2 atom stereocenters. The van der Waals surface area contributed by atoms with Crippen LogP contribution in [0.4, 0.5) is 19.3 Å². The zero-order valence-electron chi connectivity index (χ0n) is 11.5. The fourth-order valence-electron chi connectivity index (χ4n) is 2.48. The molecule has 1 aromatic rings. The van der Waals surface area contributed by atoms with Gasteiger partial charge in [-0.15, -0.1) is 0 Å². The lowest BCUT2D eigenvalue weighted by molar-refractivity contribution is -0.143. The predicted molar refractivity (Wildman–Crippen MR) is 71.9 cm³/mol. The lowest BCUT2D eigenvalue weighted by atomic mass is 9.92. The summed E-state index contributed by atoms with van der Waals surface area (Å²) in [5.74, 6) is -2.91. The molecule has 0 aliphatic carbocycles. The average Bonchev–Trinajstić information content (AvgIpc) is 2.41. The van der Waals surface area contributed by atoms with Crippen molar-refractivity contribution in [2.75, 3.05) is 11.9 Å². The minimum Gasteiger partial charge on any atom is -0.481 e. The maximum atomic E-state index is 13.5. The number of urea groups is 1. The second kappa shape index (κ2) is 6.07. The summed E-state index contributed by atoms with van der Waals surface area (Å²) >= 11 is 0. The number of piperidine rings is 1. The Kier molecular flexibility index (Phi) is 4.40. The van der Waals surface area contributed by atoms with E-state index in [1.165, 1.54) is 4.90 Å². The van der Waals surface area contributed by atoms with Crippen LogP contribution in [0.5, 0.6) is 0 Å². The molecule has 2 N–H and O–H groups in total. The van der Waals surface area contributed by atoms with E-state index in [1.807, 2.05) is 0 Å². The van der Waals surface area contributed by atoms with Crippen molar-refractivity contribution in [1.29, 1.82) is 0 Å². The number of carboxylic acid groups (broad SMARTS) is 1. The summed E-state index contributed by atoms with van der Waals surface area (Å²) in [6.45, 7) is 2.03. The van der Waals surface area contributed by atoms with Gasteiger partial charge in [0.05, 0.1) is 11.6 Å². The number of aliphatic carboxylic acids is 1. The number of benzene rings is 1. The summed E-state index contributed by atoms with van der Waals surface area (Å²) in [4.78, 5) is 24.5. The molecule has 0 aromatic heterocycles. The molecule has 114 valence electrons. The van der Waals surface area contributed by atoms with Crippen molar-refractivity contribution < 1.29 is 23.5 Å². The number of hydrogen-bond acceptors (Lipinski definition) is 2. The number of halogens is 2. The molecule has 7 heteroatoms. The molecule has 1 heterocycles. The van der Waals surface area contributed by atoms with Crippen LogP contribution in [0.25, 0.3) is 0 Å². The highest BCUT2D eigenvalue weighted by Crippen LogP contribution is 2.24. The highest BCUT2D eigenvalue weighted by molar-refractivity contribution is 5.89. The second-order valence-electron chi connectivity index (χ2n) is 5.16. The summed E-state index contributed by atoms with van der Waals surface area (Å²) in [6.07, 6.45) is 0.716. The Morgan fingerprint density at radius 1 is 1.38 bits per heavy atom. The molecule has 1 aromatic carbocycles. The van der Waals surface area contributed by atoms with Crippen LogP contribution in [0.15, 0.2) is 18.2 Å². The molecule has 0 radical (unpaired) electrons. The van der Waals surface area contributed by atoms with Gasteiger partial charge in [-0.1, -0.05) is 0 Å². The topological polar surface area (TPSA) is 69.6 Å². The summed E-state index contributed by atoms with van der Waals surface area (Å²) in [7, 11) is 0. The Bertz CT molecular complexity index is 565. The summed E-state index contributed by atoms with van der Waals surface area (Å²) in [5, 5.41) is 11.4. The molecule has 2 rings (SSSR count). The number of carboxylic acids is 1. The van der Waals surface area contributed by atoms with Crippen LogP contribution >= 0.6 is 0 Å². The Morgan fingerprint density at radius 3 is 2.67 bits per heavy atom. The third-order valence-electron chi connectivity index (χ3n) is 3.66. The van der Waals surface area contributed by atoms with Gasteiger partial charge in [-0.25, -0.2) is 13.6 Å². The van der Waals surface area contributed by atoms with Gasteiger partial charge in [-0.3, -0.25) is 4.79 Å². The van der Waals surface area contributed by atoms with Crippen molar-refractivity contribution in [2.45, 2.75) is 25.8 Å². The van der Waals surface area contributed by atoms with E-state index < -0.39 is 29.6 Å². The number of likely N-dealkylation sites (tertiary alicyclic amines) is 1. The van der Waals surface area contributed by atoms with Gasteiger partial charge < -0.3 is 15.3 Å². The minimum absolute atomic E-state index is 0.103. The molecule has 2 unspecified atom stereocenters. The van der Waals surface area contributed by atoms with Crippen molar-refractivity contribution in [3.63, 3.8) is 0 Å². The molecule has 1 aliphatic rings. The van der Waals surface area contributed by atoms with E-state index in [0.29, 0.717) is 18.9 Å². The SMILES string of the molecule is CC1CC(C(=O)O)CCN1C(=O)Nc1ccc(F)cc1F. The van der Waals surface area contributed by atoms with Crippen LogP contribution < -0.4 is 5.32 Å². The van der Waals surface area contributed by atoms with Crippen LogP contribution in [0.3, 0.4) is 0 Å². The first kappa shape index (κ1) is 15.2. The lowest BCUT2D eigenvalue weighted by Crippen LogP contribution is -2.47. The highest BCUT2D eigenvalue weighted by atomic mass is 19.1. The maximum absolute atomic E-state index is 13.5. The summed E-state index contributed by atoms with van der Waals surface area (Å²) < 4.78 is 26.3. The van der Waals surface area contributed by atoms with Gasteiger partial charge >= 0.3 is 12.0 Å². The maximum Gasteiger partial charge on any atom is 0.322 e. The van der Waals surface area contributed by atoms with Crippen molar-refractivity contribution in [3.8, 4) is 0 Å². The number of rotatable bonds is 2. The third-order valence-corrected chi connectivity index (χ3v) is 3.66. The lowest BCUT2D eigenvalue weighted by Gasteiger charge is -2.36. The van der Waals surface area contributed by atoms with Crippen molar-refractivity contribution in [1.82, 2.24) is 4.90 Å². The first-order valence-electron chi connectivity index (χ1n) is 6.64. The third kappa shape index (κ3) is 3.48. The Labute approximate surface area is 120 Å².